The van der Waals surface area contributed by atoms with Gasteiger partial charge in [0.2, 0.25) is 0 Å². The van der Waals surface area contributed by atoms with Crippen LogP contribution in [0.1, 0.15) is 62.7 Å². The summed E-state index contributed by atoms with van der Waals surface area (Å²) in [5.74, 6) is 0.0668. The minimum Gasteiger partial charge on any atom is -0.339 e. The number of aromatic nitrogens is 1. The maximum Gasteiger partial charge on any atom is 0.254 e. The summed E-state index contributed by atoms with van der Waals surface area (Å²) >= 11 is 12.5. The Bertz CT molecular complexity index is 1030. The second-order valence-corrected chi connectivity index (χ2v) is 8.75. The summed E-state index contributed by atoms with van der Waals surface area (Å²) in [5.41, 5.74) is 2.93. The molecule has 3 rings (SSSR count). The lowest BCUT2D eigenvalue weighted by molar-refractivity contribution is 0.0751. The number of para-hydroxylation sites is 1. The number of halogens is 2. The van der Waals surface area contributed by atoms with Crippen LogP contribution in [0.15, 0.2) is 48.5 Å². The van der Waals surface area contributed by atoms with Crippen LogP contribution in [0.3, 0.4) is 0 Å². The molecule has 0 spiro atoms. The zero-order chi connectivity index (χ0) is 22.2. The Labute approximate surface area is 195 Å². The van der Waals surface area contributed by atoms with Gasteiger partial charge in [-0.15, -0.1) is 0 Å². The van der Waals surface area contributed by atoms with Gasteiger partial charge in [0, 0.05) is 29.1 Å². The molecule has 5 heteroatoms. The van der Waals surface area contributed by atoms with E-state index in [9.17, 15) is 4.79 Å². The Morgan fingerprint density at radius 1 is 0.903 bits per heavy atom. The van der Waals surface area contributed by atoms with E-state index in [2.05, 4.69) is 13.8 Å². The van der Waals surface area contributed by atoms with Crippen LogP contribution in [0.4, 0.5) is 0 Å². The SMILES string of the molecule is CCCCCN(CCCCC)C(=O)c1cc(-c2ccc(Cl)cc2Cl)nc2ccccc12. The highest BCUT2D eigenvalue weighted by Gasteiger charge is 2.20. The number of unbranched alkanes of at least 4 members (excludes halogenated alkanes) is 4. The fourth-order valence-corrected chi connectivity index (χ4v) is 4.28. The van der Waals surface area contributed by atoms with E-state index in [1.807, 2.05) is 41.3 Å². The molecule has 31 heavy (non-hydrogen) atoms. The number of benzene rings is 2. The predicted octanol–water partition coefficient (Wildman–Crippen LogP) is 8.03. The number of pyridine rings is 1. The Morgan fingerprint density at radius 2 is 1.58 bits per heavy atom. The van der Waals surface area contributed by atoms with E-state index < -0.39 is 0 Å². The first-order valence-electron chi connectivity index (χ1n) is 11.2. The van der Waals surface area contributed by atoms with Gasteiger partial charge in [-0.05, 0) is 43.2 Å². The van der Waals surface area contributed by atoms with Gasteiger partial charge in [0.05, 0.1) is 21.8 Å². The normalized spacial score (nSPS) is 11.1. The van der Waals surface area contributed by atoms with Crippen LogP contribution in [0.5, 0.6) is 0 Å². The van der Waals surface area contributed by atoms with E-state index in [1.54, 1.807) is 12.1 Å². The minimum absolute atomic E-state index is 0.0668. The molecule has 0 saturated heterocycles. The Morgan fingerprint density at radius 3 is 2.23 bits per heavy atom. The van der Waals surface area contributed by atoms with Crippen LogP contribution in [0.25, 0.3) is 22.2 Å². The molecule has 0 bridgehead atoms. The van der Waals surface area contributed by atoms with Gasteiger partial charge in [0.1, 0.15) is 0 Å². The third-order valence-electron chi connectivity index (χ3n) is 5.50. The van der Waals surface area contributed by atoms with Crippen LogP contribution < -0.4 is 0 Å². The van der Waals surface area contributed by atoms with Crippen molar-refractivity contribution in [2.75, 3.05) is 13.1 Å². The Balaban J connectivity index is 2.04. The lowest BCUT2D eigenvalue weighted by Crippen LogP contribution is -2.33. The molecular weight excluding hydrogens is 427 g/mol. The Hall–Kier alpha value is -2.10. The molecule has 0 aliphatic heterocycles. The molecule has 0 saturated carbocycles. The van der Waals surface area contributed by atoms with Crippen molar-refractivity contribution >= 4 is 40.0 Å². The molecule has 1 amide bonds. The minimum atomic E-state index is 0.0668. The second-order valence-electron chi connectivity index (χ2n) is 7.90. The first kappa shape index (κ1) is 23.6. The number of hydrogen-bond donors (Lipinski definition) is 0. The van der Waals surface area contributed by atoms with Gasteiger partial charge in [-0.2, -0.15) is 0 Å². The van der Waals surface area contributed by atoms with E-state index in [4.69, 9.17) is 28.2 Å². The summed E-state index contributed by atoms with van der Waals surface area (Å²) < 4.78 is 0. The fraction of sp³-hybridized carbons (Fsp3) is 0.385. The summed E-state index contributed by atoms with van der Waals surface area (Å²) in [6.45, 7) is 5.93. The maximum atomic E-state index is 13.7. The first-order chi connectivity index (χ1) is 15.0. The van der Waals surface area contributed by atoms with E-state index in [1.165, 1.54) is 0 Å². The van der Waals surface area contributed by atoms with Crippen molar-refractivity contribution in [1.29, 1.82) is 0 Å². The van der Waals surface area contributed by atoms with Gasteiger partial charge in [0.15, 0.2) is 0 Å². The highest BCUT2D eigenvalue weighted by atomic mass is 35.5. The topological polar surface area (TPSA) is 33.2 Å². The number of carbonyl (C=O) groups is 1. The largest absolute Gasteiger partial charge is 0.339 e. The average molecular weight is 457 g/mol. The quantitative estimate of drug-likeness (QED) is 0.289. The van der Waals surface area contributed by atoms with Crippen molar-refractivity contribution in [3.05, 3.63) is 64.1 Å². The number of amides is 1. The van der Waals surface area contributed by atoms with Crippen molar-refractivity contribution in [3.8, 4) is 11.3 Å². The van der Waals surface area contributed by atoms with Crippen LogP contribution in [-0.4, -0.2) is 28.9 Å². The summed E-state index contributed by atoms with van der Waals surface area (Å²) in [6.07, 6.45) is 6.56. The molecule has 0 atom stereocenters. The van der Waals surface area contributed by atoms with Crippen molar-refractivity contribution in [2.24, 2.45) is 0 Å². The third kappa shape index (κ3) is 5.99. The molecule has 1 heterocycles. The maximum absolute atomic E-state index is 13.7. The van der Waals surface area contributed by atoms with Gasteiger partial charge in [-0.3, -0.25) is 4.79 Å². The van der Waals surface area contributed by atoms with Crippen LogP contribution in [0, 0.1) is 0 Å². The van der Waals surface area contributed by atoms with Gasteiger partial charge in [-0.1, -0.05) is 80.9 Å². The number of rotatable bonds is 10. The summed E-state index contributed by atoms with van der Waals surface area (Å²) in [5, 5.41) is 1.97. The van der Waals surface area contributed by atoms with Crippen LogP contribution >= 0.6 is 23.2 Å². The zero-order valence-corrected chi connectivity index (χ0v) is 19.8. The highest BCUT2D eigenvalue weighted by molar-refractivity contribution is 6.36. The smallest absolute Gasteiger partial charge is 0.254 e. The van der Waals surface area contributed by atoms with Crippen LogP contribution in [0.2, 0.25) is 10.0 Å². The lowest BCUT2D eigenvalue weighted by Gasteiger charge is -2.24. The second kappa shape index (κ2) is 11.5. The van der Waals surface area contributed by atoms with E-state index in [-0.39, 0.29) is 5.91 Å². The monoisotopic (exact) mass is 456 g/mol. The first-order valence-corrected chi connectivity index (χ1v) is 11.9. The van der Waals surface area contributed by atoms with E-state index in [0.717, 1.165) is 68.1 Å². The lowest BCUT2D eigenvalue weighted by atomic mass is 10.0. The molecular formula is C26H30Cl2N2O. The van der Waals surface area contributed by atoms with Gasteiger partial charge in [-0.25, -0.2) is 4.98 Å². The van der Waals surface area contributed by atoms with Crippen molar-refractivity contribution in [3.63, 3.8) is 0 Å². The number of carbonyl (C=O) groups excluding carboxylic acids is 1. The molecule has 0 aliphatic rings. The van der Waals surface area contributed by atoms with Gasteiger partial charge >= 0.3 is 0 Å². The summed E-state index contributed by atoms with van der Waals surface area (Å²) in [6, 6.07) is 15.0. The standard InChI is InChI=1S/C26H30Cl2N2O/c1-3-5-9-15-30(16-10-6-4-2)26(31)22-18-25(21-14-13-19(27)17-23(21)28)29-24-12-8-7-11-20(22)24/h7-8,11-14,17-18H,3-6,9-10,15-16H2,1-2H3. The number of nitrogens with zero attached hydrogens (tertiary/aromatic N) is 2. The number of fused-ring (bicyclic) bond motifs is 1. The molecule has 0 unspecified atom stereocenters. The third-order valence-corrected chi connectivity index (χ3v) is 6.05. The summed E-state index contributed by atoms with van der Waals surface area (Å²) in [4.78, 5) is 20.5. The van der Waals surface area contributed by atoms with Gasteiger partial charge in [0.25, 0.3) is 5.91 Å². The van der Waals surface area contributed by atoms with E-state index in [0.29, 0.717) is 21.3 Å². The highest BCUT2D eigenvalue weighted by Crippen LogP contribution is 2.32. The molecule has 1 aromatic heterocycles. The Kier molecular flexibility index (Phi) is 8.74. The molecule has 3 nitrogen and oxygen atoms in total. The van der Waals surface area contributed by atoms with E-state index >= 15 is 0 Å². The zero-order valence-electron chi connectivity index (χ0n) is 18.3. The van der Waals surface area contributed by atoms with Crippen molar-refractivity contribution in [2.45, 2.75) is 52.4 Å². The van der Waals surface area contributed by atoms with Gasteiger partial charge < -0.3 is 4.90 Å². The summed E-state index contributed by atoms with van der Waals surface area (Å²) in [7, 11) is 0. The molecule has 0 fully saturated rings. The molecule has 2 aromatic carbocycles. The number of hydrogen-bond acceptors (Lipinski definition) is 2. The molecule has 0 N–H and O–H groups in total. The predicted molar refractivity (Wildman–Crippen MR) is 132 cm³/mol. The molecule has 0 aliphatic carbocycles. The average Bonchev–Trinajstić information content (AvgIpc) is 2.77. The molecule has 3 aromatic rings. The molecule has 0 radical (unpaired) electrons. The van der Waals surface area contributed by atoms with Crippen molar-refractivity contribution < 1.29 is 4.79 Å². The fourth-order valence-electron chi connectivity index (χ4n) is 3.78. The molecule has 164 valence electrons. The van der Waals surface area contributed by atoms with Crippen molar-refractivity contribution in [1.82, 2.24) is 9.88 Å². The van der Waals surface area contributed by atoms with Crippen LogP contribution in [-0.2, 0) is 0 Å².